The highest BCUT2D eigenvalue weighted by Gasteiger charge is 2.27. The molecule has 1 fully saturated rings. The van der Waals surface area contributed by atoms with Crippen molar-refractivity contribution in [1.29, 1.82) is 0 Å². The van der Waals surface area contributed by atoms with E-state index in [9.17, 15) is 0 Å². The summed E-state index contributed by atoms with van der Waals surface area (Å²) in [6.45, 7) is 0. The van der Waals surface area contributed by atoms with Gasteiger partial charge < -0.3 is 15.6 Å². The van der Waals surface area contributed by atoms with E-state index < -0.39 is 0 Å². The van der Waals surface area contributed by atoms with Gasteiger partial charge in [-0.15, -0.1) is 10.2 Å². The fraction of sp³-hybridized carbons (Fsp3) is 0.778. The van der Waals surface area contributed by atoms with Crippen LogP contribution in [0.25, 0.3) is 0 Å². The van der Waals surface area contributed by atoms with Crippen molar-refractivity contribution in [1.82, 2.24) is 14.8 Å². The molecule has 1 saturated carbocycles. The van der Waals surface area contributed by atoms with Gasteiger partial charge in [-0.25, -0.2) is 0 Å². The van der Waals surface area contributed by atoms with Crippen LogP contribution in [0.2, 0.25) is 0 Å². The standard InChI is InChI=1S/C9H17N5/c1-11-9-13-12-8(14(9)2)6-3-4-7(10)5-6/h6-7H,3-5,10H2,1-2H3,(H,11,13)/t6-,7+/m1/s1. The van der Waals surface area contributed by atoms with Crippen molar-refractivity contribution in [2.24, 2.45) is 12.8 Å². The molecule has 1 aromatic heterocycles. The van der Waals surface area contributed by atoms with E-state index >= 15 is 0 Å². The number of anilines is 1. The number of hydrogen-bond acceptors (Lipinski definition) is 4. The first-order valence-electron chi connectivity index (χ1n) is 5.05. The minimum atomic E-state index is 0.342. The van der Waals surface area contributed by atoms with E-state index in [4.69, 9.17) is 5.73 Å². The van der Waals surface area contributed by atoms with Crippen LogP contribution in [-0.2, 0) is 7.05 Å². The van der Waals surface area contributed by atoms with Crippen molar-refractivity contribution in [3.8, 4) is 0 Å². The lowest BCUT2D eigenvalue weighted by atomic mass is 10.1. The van der Waals surface area contributed by atoms with Gasteiger partial charge in [0.25, 0.3) is 0 Å². The summed E-state index contributed by atoms with van der Waals surface area (Å²) in [5.41, 5.74) is 5.88. The molecule has 1 aliphatic rings. The molecule has 5 heteroatoms. The van der Waals surface area contributed by atoms with Crippen LogP contribution in [0.1, 0.15) is 31.0 Å². The maximum Gasteiger partial charge on any atom is 0.224 e. The van der Waals surface area contributed by atoms with Gasteiger partial charge in [-0.2, -0.15) is 0 Å². The maximum absolute atomic E-state index is 5.88. The average Bonchev–Trinajstić information content (AvgIpc) is 2.72. The molecule has 14 heavy (non-hydrogen) atoms. The van der Waals surface area contributed by atoms with Crippen molar-refractivity contribution in [2.75, 3.05) is 12.4 Å². The Morgan fingerprint density at radius 2 is 2.21 bits per heavy atom. The lowest BCUT2D eigenvalue weighted by molar-refractivity contribution is 0.615. The molecule has 0 aliphatic heterocycles. The lowest BCUT2D eigenvalue weighted by Crippen LogP contribution is -2.15. The normalized spacial score (nSPS) is 26.8. The summed E-state index contributed by atoms with van der Waals surface area (Å²) < 4.78 is 2.02. The molecule has 0 bridgehead atoms. The summed E-state index contributed by atoms with van der Waals surface area (Å²) in [5.74, 6) is 2.37. The summed E-state index contributed by atoms with van der Waals surface area (Å²) >= 11 is 0. The van der Waals surface area contributed by atoms with E-state index in [-0.39, 0.29) is 0 Å². The van der Waals surface area contributed by atoms with Crippen LogP contribution in [0, 0.1) is 0 Å². The average molecular weight is 195 g/mol. The Kier molecular flexibility index (Phi) is 2.41. The van der Waals surface area contributed by atoms with Crippen LogP contribution >= 0.6 is 0 Å². The van der Waals surface area contributed by atoms with Crippen LogP contribution in [0.15, 0.2) is 0 Å². The minimum Gasteiger partial charge on any atom is -0.357 e. The summed E-state index contributed by atoms with van der Waals surface area (Å²) in [7, 11) is 3.85. The second-order valence-corrected chi connectivity index (χ2v) is 3.96. The topological polar surface area (TPSA) is 68.8 Å². The Balaban J connectivity index is 2.20. The summed E-state index contributed by atoms with van der Waals surface area (Å²) in [6.07, 6.45) is 3.28. The van der Waals surface area contributed by atoms with Gasteiger partial charge in [0.2, 0.25) is 5.95 Å². The van der Waals surface area contributed by atoms with Crippen molar-refractivity contribution in [3.05, 3.63) is 5.82 Å². The van der Waals surface area contributed by atoms with Crippen LogP contribution in [0.3, 0.4) is 0 Å². The molecular weight excluding hydrogens is 178 g/mol. The molecule has 5 nitrogen and oxygen atoms in total. The van der Waals surface area contributed by atoms with E-state index in [1.165, 1.54) is 0 Å². The molecule has 0 amide bonds. The second kappa shape index (κ2) is 3.57. The molecule has 1 aliphatic carbocycles. The zero-order chi connectivity index (χ0) is 10.1. The van der Waals surface area contributed by atoms with E-state index in [0.717, 1.165) is 31.0 Å². The highest BCUT2D eigenvalue weighted by Crippen LogP contribution is 2.32. The molecule has 78 valence electrons. The zero-order valence-corrected chi connectivity index (χ0v) is 8.70. The largest absolute Gasteiger partial charge is 0.357 e. The predicted molar refractivity (Wildman–Crippen MR) is 55.1 cm³/mol. The second-order valence-electron chi connectivity index (χ2n) is 3.96. The van der Waals surface area contributed by atoms with Crippen LogP contribution < -0.4 is 11.1 Å². The van der Waals surface area contributed by atoms with Gasteiger partial charge in [0.05, 0.1) is 0 Å². The molecule has 0 spiro atoms. The van der Waals surface area contributed by atoms with Gasteiger partial charge in [0, 0.05) is 26.1 Å². The van der Waals surface area contributed by atoms with Crippen molar-refractivity contribution in [2.45, 2.75) is 31.2 Å². The Hall–Kier alpha value is -1.10. The van der Waals surface area contributed by atoms with Crippen LogP contribution in [-0.4, -0.2) is 27.9 Å². The first-order valence-corrected chi connectivity index (χ1v) is 5.05. The quantitative estimate of drug-likeness (QED) is 0.719. The fourth-order valence-corrected chi connectivity index (χ4v) is 2.17. The smallest absolute Gasteiger partial charge is 0.224 e. The molecule has 0 radical (unpaired) electrons. The molecule has 1 heterocycles. The summed E-state index contributed by atoms with van der Waals surface area (Å²) in [6, 6.07) is 0.342. The zero-order valence-electron chi connectivity index (χ0n) is 8.70. The first-order chi connectivity index (χ1) is 6.72. The third-order valence-corrected chi connectivity index (χ3v) is 2.97. The molecule has 2 rings (SSSR count). The van der Waals surface area contributed by atoms with E-state index in [1.54, 1.807) is 0 Å². The van der Waals surface area contributed by atoms with Gasteiger partial charge in [0.15, 0.2) is 0 Å². The Labute approximate surface area is 83.7 Å². The van der Waals surface area contributed by atoms with Crippen LogP contribution in [0.4, 0.5) is 5.95 Å². The van der Waals surface area contributed by atoms with E-state index in [1.807, 2.05) is 18.7 Å². The minimum absolute atomic E-state index is 0.342. The Morgan fingerprint density at radius 3 is 2.71 bits per heavy atom. The fourth-order valence-electron chi connectivity index (χ4n) is 2.17. The first kappa shape index (κ1) is 9.45. The number of hydrogen-bond donors (Lipinski definition) is 2. The third kappa shape index (κ3) is 1.48. The Bertz CT molecular complexity index is 319. The van der Waals surface area contributed by atoms with Crippen LogP contribution in [0.5, 0.6) is 0 Å². The molecule has 0 aromatic carbocycles. The summed E-state index contributed by atoms with van der Waals surface area (Å²) in [4.78, 5) is 0. The van der Waals surface area contributed by atoms with Gasteiger partial charge in [-0.05, 0) is 19.3 Å². The van der Waals surface area contributed by atoms with Crippen molar-refractivity contribution in [3.63, 3.8) is 0 Å². The molecule has 3 N–H and O–H groups in total. The van der Waals surface area contributed by atoms with Gasteiger partial charge in [0.1, 0.15) is 5.82 Å². The summed E-state index contributed by atoms with van der Waals surface area (Å²) in [5, 5.41) is 11.3. The Morgan fingerprint density at radius 1 is 1.43 bits per heavy atom. The van der Waals surface area contributed by atoms with E-state index in [0.29, 0.717) is 12.0 Å². The molecule has 0 saturated heterocycles. The van der Waals surface area contributed by atoms with E-state index in [2.05, 4.69) is 15.5 Å². The highest BCUT2D eigenvalue weighted by atomic mass is 15.3. The number of rotatable bonds is 2. The van der Waals surface area contributed by atoms with Crippen molar-refractivity contribution < 1.29 is 0 Å². The SMILES string of the molecule is CNc1nnc([C@@H]2CC[C@H](N)C2)n1C. The molecule has 1 aromatic rings. The highest BCUT2D eigenvalue weighted by molar-refractivity contribution is 5.25. The molecular formula is C9H17N5. The third-order valence-electron chi connectivity index (χ3n) is 2.97. The van der Waals surface area contributed by atoms with Gasteiger partial charge in [-0.1, -0.05) is 0 Å². The van der Waals surface area contributed by atoms with Gasteiger partial charge >= 0.3 is 0 Å². The monoisotopic (exact) mass is 195 g/mol. The number of aromatic nitrogens is 3. The van der Waals surface area contributed by atoms with Crippen molar-refractivity contribution >= 4 is 5.95 Å². The lowest BCUT2D eigenvalue weighted by Gasteiger charge is -2.08. The predicted octanol–water partition coefficient (Wildman–Crippen LogP) is 0.452. The maximum atomic E-state index is 5.88. The number of nitrogens with zero attached hydrogens (tertiary/aromatic N) is 3. The number of nitrogens with one attached hydrogen (secondary N) is 1. The van der Waals surface area contributed by atoms with Gasteiger partial charge in [-0.3, -0.25) is 0 Å². The molecule has 0 unspecified atom stereocenters. The number of nitrogens with two attached hydrogens (primary N) is 1. The molecule has 2 atom stereocenters.